The number of hydrogen-bond donors (Lipinski definition) is 0. The molecule has 0 aliphatic carbocycles. The summed E-state index contributed by atoms with van der Waals surface area (Å²) in [5.74, 6) is -0.00715. The van der Waals surface area contributed by atoms with Crippen LogP contribution in [0.4, 0.5) is 0 Å². The van der Waals surface area contributed by atoms with Gasteiger partial charge in [-0.3, -0.25) is 9.48 Å². The summed E-state index contributed by atoms with van der Waals surface area (Å²) < 4.78 is 3.61. The highest BCUT2D eigenvalue weighted by Gasteiger charge is 2.27. The molecule has 4 rings (SSSR count). The third kappa shape index (κ3) is 2.48. The number of likely N-dealkylation sites (tertiary alicyclic amines) is 1. The van der Waals surface area contributed by atoms with Crippen LogP contribution >= 0.6 is 0 Å². The summed E-state index contributed by atoms with van der Waals surface area (Å²) in [5.41, 5.74) is 2.30. The largest absolute Gasteiger partial charge is 0.336 e. The first-order chi connectivity index (χ1) is 11.2. The van der Waals surface area contributed by atoms with Crippen molar-refractivity contribution in [2.24, 2.45) is 0 Å². The smallest absolute Gasteiger partial charge is 0.259 e. The third-order valence-corrected chi connectivity index (χ3v) is 4.30. The van der Waals surface area contributed by atoms with Crippen molar-refractivity contribution in [2.75, 3.05) is 13.1 Å². The Bertz CT molecular complexity index is 851. The molecule has 0 aromatic carbocycles. The van der Waals surface area contributed by atoms with E-state index < -0.39 is 0 Å². The second kappa shape index (κ2) is 5.49. The van der Waals surface area contributed by atoms with E-state index in [1.54, 1.807) is 29.2 Å². The van der Waals surface area contributed by atoms with E-state index in [-0.39, 0.29) is 11.9 Å². The van der Waals surface area contributed by atoms with Crippen molar-refractivity contribution >= 4 is 11.6 Å². The molecule has 7 heteroatoms. The van der Waals surface area contributed by atoms with Gasteiger partial charge in [0.05, 0.1) is 18.4 Å². The lowest BCUT2D eigenvalue weighted by atomic mass is 10.1. The minimum Gasteiger partial charge on any atom is -0.336 e. The number of carbonyl (C=O) groups is 1. The maximum absolute atomic E-state index is 12.9. The Labute approximate surface area is 133 Å². The zero-order chi connectivity index (χ0) is 15.8. The Morgan fingerprint density at radius 1 is 1.30 bits per heavy atom. The number of carbonyl (C=O) groups excluding carboxylic acids is 1. The molecule has 1 aliphatic rings. The van der Waals surface area contributed by atoms with Crippen LogP contribution in [-0.2, 0) is 0 Å². The van der Waals surface area contributed by atoms with Crippen LogP contribution in [0.15, 0.2) is 37.1 Å². The first-order valence-electron chi connectivity index (χ1n) is 7.81. The summed E-state index contributed by atoms with van der Waals surface area (Å²) in [6, 6.07) is 2.03. The Hall–Kier alpha value is -2.70. The number of rotatable bonds is 2. The number of aryl methyl sites for hydroxylation is 1. The molecular formula is C16H18N6O. The third-order valence-electron chi connectivity index (χ3n) is 4.30. The van der Waals surface area contributed by atoms with Crippen LogP contribution in [0, 0.1) is 6.92 Å². The number of hydrogen-bond acceptors (Lipinski definition) is 4. The van der Waals surface area contributed by atoms with Crippen LogP contribution in [0.1, 0.15) is 34.8 Å². The molecule has 1 amide bonds. The van der Waals surface area contributed by atoms with Crippen LogP contribution in [-0.4, -0.2) is 48.3 Å². The van der Waals surface area contributed by atoms with Gasteiger partial charge < -0.3 is 4.90 Å². The molecule has 118 valence electrons. The predicted octanol–water partition coefficient (Wildman–Crippen LogP) is 1.71. The van der Waals surface area contributed by atoms with Crippen molar-refractivity contribution in [3.8, 4) is 0 Å². The van der Waals surface area contributed by atoms with E-state index >= 15 is 0 Å². The van der Waals surface area contributed by atoms with Crippen molar-refractivity contribution in [1.82, 2.24) is 29.3 Å². The van der Waals surface area contributed by atoms with Crippen LogP contribution in [0.25, 0.3) is 5.65 Å². The first-order valence-corrected chi connectivity index (χ1v) is 7.81. The Balaban J connectivity index is 1.58. The van der Waals surface area contributed by atoms with E-state index in [1.807, 2.05) is 28.9 Å². The fourth-order valence-electron chi connectivity index (χ4n) is 3.14. The Morgan fingerprint density at radius 2 is 2.22 bits per heavy atom. The Morgan fingerprint density at radius 3 is 3.04 bits per heavy atom. The van der Waals surface area contributed by atoms with E-state index in [4.69, 9.17) is 0 Å². The molecule has 0 bridgehead atoms. The lowest BCUT2D eigenvalue weighted by Crippen LogP contribution is -2.40. The molecule has 3 aromatic heterocycles. The summed E-state index contributed by atoms with van der Waals surface area (Å²) in [4.78, 5) is 19.0. The highest BCUT2D eigenvalue weighted by molar-refractivity contribution is 5.99. The van der Waals surface area contributed by atoms with Crippen molar-refractivity contribution < 1.29 is 4.79 Å². The van der Waals surface area contributed by atoms with Gasteiger partial charge in [-0.15, -0.1) is 0 Å². The molecule has 0 spiro atoms. The highest BCUT2D eigenvalue weighted by Crippen LogP contribution is 2.23. The first kappa shape index (κ1) is 13.9. The number of fused-ring (bicyclic) bond motifs is 1. The molecule has 3 aromatic rings. The van der Waals surface area contributed by atoms with E-state index in [2.05, 4.69) is 15.2 Å². The summed E-state index contributed by atoms with van der Waals surface area (Å²) in [7, 11) is 0. The molecule has 0 N–H and O–H groups in total. The van der Waals surface area contributed by atoms with Crippen molar-refractivity contribution in [2.45, 2.75) is 25.8 Å². The molecule has 1 fully saturated rings. The Kier molecular flexibility index (Phi) is 3.33. The number of amides is 1. The van der Waals surface area contributed by atoms with Crippen molar-refractivity contribution in [3.05, 3.63) is 48.2 Å². The molecule has 1 aliphatic heterocycles. The molecule has 23 heavy (non-hydrogen) atoms. The summed E-state index contributed by atoms with van der Waals surface area (Å²) in [5, 5.41) is 8.60. The predicted molar refractivity (Wildman–Crippen MR) is 84.1 cm³/mol. The fourth-order valence-corrected chi connectivity index (χ4v) is 3.14. The minimum atomic E-state index is -0.00715. The van der Waals surface area contributed by atoms with Crippen molar-refractivity contribution in [1.29, 1.82) is 0 Å². The van der Waals surface area contributed by atoms with Crippen LogP contribution in [0.2, 0.25) is 0 Å². The van der Waals surface area contributed by atoms with Gasteiger partial charge >= 0.3 is 0 Å². The fraction of sp³-hybridized carbons (Fsp3) is 0.375. The molecule has 0 saturated carbocycles. The van der Waals surface area contributed by atoms with Crippen molar-refractivity contribution in [3.63, 3.8) is 0 Å². The van der Waals surface area contributed by atoms with Crippen LogP contribution in [0.5, 0.6) is 0 Å². The maximum Gasteiger partial charge on any atom is 0.259 e. The van der Waals surface area contributed by atoms with Gasteiger partial charge in [0.2, 0.25) is 0 Å². The van der Waals surface area contributed by atoms with E-state index in [1.165, 1.54) is 0 Å². The summed E-state index contributed by atoms with van der Waals surface area (Å²) in [6.07, 6.45) is 11.0. The zero-order valence-electron chi connectivity index (χ0n) is 13.0. The molecule has 0 unspecified atom stereocenters. The number of aromatic nitrogens is 5. The molecule has 7 nitrogen and oxygen atoms in total. The second-order valence-electron chi connectivity index (χ2n) is 5.99. The topological polar surface area (TPSA) is 68.3 Å². The van der Waals surface area contributed by atoms with Crippen LogP contribution < -0.4 is 0 Å². The molecule has 1 atom stereocenters. The quantitative estimate of drug-likeness (QED) is 0.722. The average Bonchev–Trinajstić information content (AvgIpc) is 3.20. The van der Waals surface area contributed by atoms with E-state index in [9.17, 15) is 4.79 Å². The monoisotopic (exact) mass is 310 g/mol. The van der Waals surface area contributed by atoms with Gasteiger partial charge in [0.15, 0.2) is 5.65 Å². The lowest BCUT2D eigenvalue weighted by molar-refractivity contribution is 0.0674. The van der Waals surface area contributed by atoms with Gasteiger partial charge in [0, 0.05) is 31.7 Å². The van der Waals surface area contributed by atoms with Gasteiger partial charge in [-0.1, -0.05) is 0 Å². The standard InChI is InChI=1S/C16H18N6O/c1-12-8-18-22(10-12)13-4-2-6-20(11-13)16(23)14-9-19-21-7-3-5-17-15(14)21/h3,5,7-10,13H,2,4,6,11H2,1H3/t13-/m1/s1. The van der Waals surface area contributed by atoms with E-state index in [0.29, 0.717) is 17.8 Å². The summed E-state index contributed by atoms with van der Waals surface area (Å²) in [6.45, 7) is 3.46. The number of piperidine rings is 1. The molecule has 1 saturated heterocycles. The van der Waals surface area contributed by atoms with Gasteiger partial charge in [0.1, 0.15) is 5.56 Å². The maximum atomic E-state index is 12.9. The zero-order valence-corrected chi connectivity index (χ0v) is 13.0. The summed E-state index contributed by atoms with van der Waals surface area (Å²) >= 11 is 0. The minimum absolute atomic E-state index is 0.00715. The second-order valence-corrected chi connectivity index (χ2v) is 5.99. The van der Waals surface area contributed by atoms with E-state index in [0.717, 1.165) is 24.9 Å². The van der Waals surface area contributed by atoms with Gasteiger partial charge in [-0.2, -0.15) is 10.2 Å². The lowest BCUT2D eigenvalue weighted by Gasteiger charge is -2.32. The molecule has 0 radical (unpaired) electrons. The SMILES string of the molecule is Cc1cnn([C@@H]2CCCN(C(=O)c3cnn4cccnc34)C2)c1. The normalized spacial score (nSPS) is 18.5. The molecular weight excluding hydrogens is 292 g/mol. The van der Waals surface area contributed by atoms with Crippen LogP contribution in [0.3, 0.4) is 0 Å². The highest BCUT2D eigenvalue weighted by atomic mass is 16.2. The van der Waals surface area contributed by atoms with Gasteiger partial charge in [-0.25, -0.2) is 9.50 Å². The molecule has 4 heterocycles. The van der Waals surface area contributed by atoms with Gasteiger partial charge in [-0.05, 0) is 31.4 Å². The van der Waals surface area contributed by atoms with Gasteiger partial charge in [0.25, 0.3) is 5.91 Å². The number of nitrogens with zero attached hydrogens (tertiary/aromatic N) is 6. The average molecular weight is 310 g/mol.